The highest BCUT2D eigenvalue weighted by molar-refractivity contribution is 6.30. The van der Waals surface area contributed by atoms with E-state index >= 15 is 0 Å². The molecule has 6 rings (SSSR count). The molecule has 236 valence electrons. The third-order valence-electron chi connectivity index (χ3n) is 8.67. The summed E-state index contributed by atoms with van der Waals surface area (Å²) in [5, 5.41) is 7.22. The predicted octanol–water partition coefficient (Wildman–Crippen LogP) is 5.44. The summed E-state index contributed by atoms with van der Waals surface area (Å²) in [6.07, 6.45) is 0.297. The Hall–Kier alpha value is -4.66. The van der Waals surface area contributed by atoms with Gasteiger partial charge in [-0.1, -0.05) is 114 Å². The molecule has 0 aliphatic carbocycles. The number of carbonyl (C=O) groups excluding carboxylic acids is 3. The Morgan fingerprint density at radius 1 is 0.804 bits per heavy atom. The first-order valence-corrected chi connectivity index (χ1v) is 16.0. The van der Waals surface area contributed by atoms with Gasteiger partial charge in [0.25, 0.3) is 0 Å². The first kappa shape index (κ1) is 31.3. The van der Waals surface area contributed by atoms with Crippen LogP contribution in [0.4, 0.5) is 4.79 Å². The zero-order chi connectivity index (χ0) is 32.0. The summed E-state index contributed by atoms with van der Waals surface area (Å²) in [5.41, 5.74) is 5.08. The van der Waals surface area contributed by atoms with Crippen molar-refractivity contribution in [2.45, 2.75) is 45.1 Å². The van der Waals surface area contributed by atoms with Gasteiger partial charge in [-0.05, 0) is 47.7 Å². The Balaban J connectivity index is 1.33. The second kappa shape index (κ2) is 14.2. The normalized spacial score (nSPS) is 18.4. The highest BCUT2D eigenvalue weighted by atomic mass is 35.5. The highest BCUT2D eigenvalue weighted by Crippen LogP contribution is 2.30. The second-order valence-electron chi connectivity index (χ2n) is 11.9. The van der Waals surface area contributed by atoms with Crippen molar-refractivity contribution < 1.29 is 14.4 Å². The van der Waals surface area contributed by atoms with Gasteiger partial charge in [-0.3, -0.25) is 9.59 Å². The molecule has 8 nitrogen and oxygen atoms in total. The summed E-state index contributed by atoms with van der Waals surface area (Å²) in [6.45, 7) is 3.35. The molecular formula is C37H38ClN5O3. The van der Waals surface area contributed by atoms with Crippen molar-refractivity contribution in [3.05, 3.63) is 142 Å². The monoisotopic (exact) mass is 635 g/mol. The van der Waals surface area contributed by atoms with Gasteiger partial charge in [0.1, 0.15) is 12.2 Å². The third-order valence-corrected chi connectivity index (χ3v) is 8.92. The summed E-state index contributed by atoms with van der Waals surface area (Å²) in [7, 11) is 0. The fourth-order valence-corrected chi connectivity index (χ4v) is 6.37. The maximum absolute atomic E-state index is 14.2. The molecule has 9 heteroatoms. The van der Waals surface area contributed by atoms with Crippen LogP contribution in [0.2, 0.25) is 5.02 Å². The van der Waals surface area contributed by atoms with E-state index in [1.807, 2.05) is 126 Å². The summed E-state index contributed by atoms with van der Waals surface area (Å²) in [6, 6.07) is 34.1. The number of amides is 4. The van der Waals surface area contributed by atoms with Gasteiger partial charge < -0.3 is 15.1 Å². The summed E-state index contributed by atoms with van der Waals surface area (Å²) >= 11 is 6.11. The predicted molar refractivity (Wildman–Crippen MR) is 178 cm³/mol. The third kappa shape index (κ3) is 7.25. The van der Waals surface area contributed by atoms with E-state index in [0.717, 1.165) is 27.8 Å². The van der Waals surface area contributed by atoms with E-state index in [0.29, 0.717) is 37.5 Å². The van der Waals surface area contributed by atoms with Gasteiger partial charge in [0, 0.05) is 31.1 Å². The Bertz CT molecular complexity index is 1650. The van der Waals surface area contributed by atoms with E-state index in [1.54, 1.807) is 9.91 Å². The molecule has 2 heterocycles. The van der Waals surface area contributed by atoms with Crippen molar-refractivity contribution in [2.24, 2.45) is 0 Å². The molecule has 0 saturated carbocycles. The Kier molecular flexibility index (Phi) is 9.66. The van der Waals surface area contributed by atoms with Crippen molar-refractivity contribution in [3.63, 3.8) is 0 Å². The molecule has 4 aromatic carbocycles. The molecule has 0 bridgehead atoms. The molecule has 2 saturated heterocycles. The second-order valence-corrected chi connectivity index (χ2v) is 12.4. The molecule has 2 fully saturated rings. The highest BCUT2D eigenvalue weighted by Gasteiger charge is 2.51. The Morgan fingerprint density at radius 3 is 2.11 bits per heavy atom. The number of benzene rings is 4. The van der Waals surface area contributed by atoms with E-state index in [-0.39, 0.29) is 30.9 Å². The first-order valence-electron chi connectivity index (χ1n) is 15.7. The lowest BCUT2D eigenvalue weighted by Crippen LogP contribution is -2.76. The largest absolute Gasteiger partial charge is 0.337 e. The number of hydrazine groups is 1. The van der Waals surface area contributed by atoms with Gasteiger partial charge in [0.05, 0.1) is 13.1 Å². The number of nitrogens with one attached hydrogen (secondary N) is 1. The number of hydrogen-bond acceptors (Lipinski definition) is 4. The van der Waals surface area contributed by atoms with Crippen molar-refractivity contribution in [3.8, 4) is 0 Å². The minimum Gasteiger partial charge on any atom is -0.337 e. The molecule has 0 spiro atoms. The van der Waals surface area contributed by atoms with E-state index in [2.05, 4.69) is 5.32 Å². The van der Waals surface area contributed by atoms with Gasteiger partial charge in [0.15, 0.2) is 0 Å². The molecule has 0 radical (unpaired) electrons. The van der Waals surface area contributed by atoms with Crippen LogP contribution in [-0.2, 0) is 35.5 Å². The first-order chi connectivity index (χ1) is 22.4. The van der Waals surface area contributed by atoms with Gasteiger partial charge >= 0.3 is 6.03 Å². The van der Waals surface area contributed by atoms with Crippen LogP contribution in [0.3, 0.4) is 0 Å². The lowest BCUT2D eigenvalue weighted by Gasteiger charge is -2.55. The van der Waals surface area contributed by atoms with Crippen LogP contribution >= 0.6 is 11.6 Å². The molecule has 46 heavy (non-hydrogen) atoms. The van der Waals surface area contributed by atoms with Crippen LogP contribution in [0.15, 0.2) is 109 Å². The molecule has 2 aliphatic rings. The SMILES string of the molecule is Cc1ccc(C[C@H]2C(=O)N(CCc3ccc(Cl)cc3)C[C@H]3N2C(=O)CN(Cc2ccccc2)N3C(=O)NCc2ccccc2)cc1. The van der Waals surface area contributed by atoms with Crippen molar-refractivity contribution >= 4 is 29.4 Å². The smallest absolute Gasteiger partial charge is 0.334 e. The summed E-state index contributed by atoms with van der Waals surface area (Å²) in [4.78, 5) is 45.9. The fraction of sp³-hybridized carbons (Fsp3) is 0.270. The van der Waals surface area contributed by atoms with Crippen molar-refractivity contribution in [2.75, 3.05) is 19.6 Å². The van der Waals surface area contributed by atoms with Gasteiger partial charge in [0.2, 0.25) is 11.8 Å². The summed E-state index contributed by atoms with van der Waals surface area (Å²) in [5.74, 6) is -0.281. The maximum Gasteiger partial charge on any atom is 0.334 e. The Labute approximate surface area is 275 Å². The number of urea groups is 1. The van der Waals surface area contributed by atoms with Crippen molar-refractivity contribution in [1.82, 2.24) is 25.1 Å². The number of carbonyl (C=O) groups is 3. The number of fused-ring (bicyclic) bond motifs is 1. The number of hydrogen-bond donors (Lipinski definition) is 1. The minimum atomic E-state index is -0.748. The van der Waals surface area contributed by atoms with E-state index in [1.165, 1.54) is 0 Å². The van der Waals surface area contributed by atoms with E-state index in [4.69, 9.17) is 11.6 Å². The number of nitrogens with zero attached hydrogens (tertiary/aromatic N) is 4. The molecule has 2 atom stereocenters. The van der Waals surface area contributed by atoms with E-state index < -0.39 is 12.2 Å². The van der Waals surface area contributed by atoms with Crippen LogP contribution in [0, 0.1) is 6.92 Å². The number of piperazine rings is 1. The van der Waals surface area contributed by atoms with Crippen LogP contribution in [0.25, 0.3) is 0 Å². The number of halogens is 1. The summed E-state index contributed by atoms with van der Waals surface area (Å²) < 4.78 is 0. The Morgan fingerprint density at radius 2 is 1.43 bits per heavy atom. The van der Waals surface area contributed by atoms with E-state index in [9.17, 15) is 14.4 Å². The van der Waals surface area contributed by atoms with Crippen LogP contribution in [-0.4, -0.2) is 69.5 Å². The average Bonchev–Trinajstić information content (AvgIpc) is 3.07. The standard InChI is InChI=1S/C37H38ClN5O3/c1-27-12-14-29(15-13-27)22-33-36(45)40(21-20-28-16-18-32(38)19-17-28)25-34-42(33)35(44)26-41(24-31-10-6-3-7-11-31)43(34)37(46)39-23-30-8-4-2-5-9-30/h2-19,33-34H,20-26H2,1H3,(H,39,46)/t33-,34-/m0/s1. The van der Waals surface area contributed by atoms with Gasteiger partial charge in [-0.15, -0.1) is 0 Å². The fourth-order valence-electron chi connectivity index (χ4n) is 6.24. The van der Waals surface area contributed by atoms with Gasteiger partial charge in [-0.2, -0.15) is 0 Å². The van der Waals surface area contributed by atoms with Crippen LogP contribution < -0.4 is 5.32 Å². The van der Waals surface area contributed by atoms with Gasteiger partial charge in [-0.25, -0.2) is 14.8 Å². The quantitative estimate of drug-likeness (QED) is 0.266. The molecule has 1 N–H and O–H groups in total. The van der Waals surface area contributed by atoms with Crippen LogP contribution in [0.1, 0.15) is 27.8 Å². The molecule has 4 aromatic rings. The average molecular weight is 636 g/mol. The molecule has 4 amide bonds. The molecule has 2 aliphatic heterocycles. The lowest BCUT2D eigenvalue weighted by atomic mass is 9.97. The maximum atomic E-state index is 14.2. The zero-order valence-electron chi connectivity index (χ0n) is 25.9. The molecule has 0 aromatic heterocycles. The molecule has 0 unspecified atom stereocenters. The zero-order valence-corrected chi connectivity index (χ0v) is 26.6. The number of rotatable bonds is 9. The lowest BCUT2D eigenvalue weighted by molar-refractivity contribution is -0.191. The topological polar surface area (TPSA) is 76.2 Å². The minimum absolute atomic E-state index is 0.0212. The molecular weight excluding hydrogens is 598 g/mol. The van der Waals surface area contributed by atoms with Crippen LogP contribution in [0.5, 0.6) is 0 Å². The number of aryl methyl sites for hydroxylation is 1. The van der Waals surface area contributed by atoms with Crippen molar-refractivity contribution in [1.29, 1.82) is 0 Å².